The molecule has 4 N–H and O–H groups in total. The highest BCUT2D eigenvalue weighted by molar-refractivity contribution is 5.93. The largest absolute Gasteiger partial charge is 0.457 e. The molecule has 0 saturated heterocycles. The van der Waals surface area contributed by atoms with Crippen LogP contribution in [0.3, 0.4) is 0 Å². The van der Waals surface area contributed by atoms with E-state index in [1.807, 2.05) is 24.3 Å². The second-order valence-corrected chi connectivity index (χ2v) is 10.4. The molecule has 1 unspecified atom stereocenters. The predicted octanol–water partition coefficient (Wildman–Crippen LogP) is 5.33. The molecule has 2 aromatic carbocycles. The van der Waals surface area contributed by atoms with Crippen LogP contribution in [0.5, 0.6) is 11.5 Å². The van der Waals surface area contributed by atoms with Crippen molar-refractivity contribution in [1.82, 2.24) is 4.98 Å². The molecule has 1 atom stereocenters. The van der Waals surface area contributed by atoms with E-state index >= 15 is 0 Å². The monoisotopic (exact) mass is 486 g/mol. The third kappa shape index (κ3) is 6.29. The Labute approximate surface area is 212 Å². The number of amides is 2. The molecule has 4 rings (SSSR count). The van der Waals surface area contributed by atoms with Gasteiger partial charge in [0, 0.05) is 37.3 Å². The normalized spacial score (nSPS) is 15.1. The highest BCUT2D eigenvalue weighted by atomic mass is 16.5. The van der Waals surface area contributed by atoms with Crippen LogP contribution >= 0.6 is 0 Å². The van der Waals surface area contributed by atoms with Crippen molar-refractivity contribution in [2.24, 2.45) is 11.7 Å². The first kappa shape index (κ1) is 25.4. The van der Waals surface area contributed by atoms with E-state index in [1.165, 1.54) is 12.5 Å². The van der Waals surface area contributed by atoms with Gasteiger partial charge in [-0.1, -0.05) is 32.9 Å². The third-order valence-corrected chi connectivity index (χ3v) is 6.41. The van der Waals surface area contributed by atoms with Crippen LogP contribution in [-0.2, 0) is 34.4 Å². The smallest absolute Gasteiger partial charge is 0.227 e. The Balaban J connectivity index is 1.47. The van der Waals surface area contributed by atoms with Gasteiger partial charge in [-0.2, -0.15) is 0 Å². The van der Waals surface area contributed by atoms with Gasteiger partial charge >= 0.3 is 0 Å². The molecule has 36 heavy (non-hydrogen) atoms. The molecule has 2 amide bonds. The van der Waals surface area contributed by atoms with Gasteiger partial charge in [0.25, 0.3) is 0 Å². The van der Waals surface area contributed by atoms with Crippen LogP contribution in [0.1, 0.15) is 56.4 Å². The van der Waals surface area contributed by atoms with Gasteiger partial charge in [-0.15, -0.1) is 0 Å². The number of hydrogen-bond donors (Lipinski definition) is 3. The van der Waals surface area contributed by atoms with Crippen molar-refractivity contribution >= 4 is 23.3 Å². The Kier molecular flexibility index (Phi) is 7.40. The van der Waals surface area contributed by atoms with Gasteiger partial charge in [-0.25, -0.2) is 4.98 Å². The van der Waals surface area contributed by atoms with Crippen LogP contribution in [0, 0.1) is 5.92 Å². The number of carbonyl (C=O) groups is 2. The fraction of sp³-hybridized carbons (Fsp3) is 0.345. The number of hydrogen-bond acceptors (Lipinski definition) is 5. The fourth-order valence-electron chi connectivity index (χ4n) is 4.44. The van der Waals surface area contributed by atoms with Crippen molar-refractivity contribution in [1.29, 1.82) is 0 Å². The number of pyridine rings is 1. The maximum absolute atomic E-state index is 13.2. The Morgan fingerprint density at radius 3 is 2.53 bits per heavy atom. The topological polar surface area (TPSA) is 106 Å². The molecule has 0 bridgehead atoms. The maximum Gasteiger partial charge on any atom is 0.227 e. The molecule has 7 heteroatoms. The van der Waals surface area contributed by atoms with Crippen LogP contribution in [0.2, 0.25) is 0 Å². The highest BCUT2D eigenvalue weighted by Crippen LogP contribution is 2.32. The average molecular weight is 487 g/mol. The first-order chi connectivity index (χ1) is 17.1. The fourth-order valence-corrected chi connectivity index (χ4v) is 4.44. The minimum Gasteiger partial charge on any atom is -0.457 e. The maximum atomic E-state index is 13.2. The Hall–Kier alpha value is -3.71. The van der Waals surface area contributed by atoms with E-state index in [0.29, 0.717) is 30.3 Å². The summed E-state index contributed by atoms with van der Waals surface area (Å²) in [4.78, 5) is 28.7. The first-order valence-electron chi connectivity index (χ1n) is 12.3. The van der Waals surface area contributed by atoms with Gasteiger partial charge < -0.3 is 21.1 Å². The van der Waals surface area contributed by atoms with Crippen LogP contribution in [-0.4, -0.2) is 16.8 Å². The molecule has 1 aliphatic rings. The minimum absolute atomic E-state index is 0.0232. The highest BCUT2D eigenvalue weighted by Gasteiger charge is 2.26. The summed E-state index contributed by atoms with van der Waals surface area (Å²) in [5.41, 5.74) is 11.2. The minimum atomic E-state index is -0.192. The predicted molar refractivity (Wildman–Crippen MR) is 142 cm³/mol. The summed E-state index contributed by atoms with van der Waals surface area (Å²) in [6.07, 6.45) is 3.87. The number of carbonyl (C=O) groups excluding carboxylic acids is 2. The molecular weight excluding hydrogens is 452 g/mol. The van der Waals surface area contributed by atoms with Crippen LogP contribution in [0.15, 0.2) is 54.7 Å². The molecule has 1 heterocycles. The molecule has 7 nitrogen and oxygen atoms in total. The van der Waals surface area contributed by atoms with Gasteiger partial charge in [0.15, 0.2) is 0 Å². The lowest BCUT2D eigenvalue weighted by atomic mass is 9.83. The Bertz CT molecular complexity index is 1280. The molecule has 3 aromatic rings. The lowest BCUT2D eigenvalue weighted by Crippen LogP contribution is -2.28. The first-order valence-corrected chi connectivity index (χ1v) is 12.3. The summed E-state index contributed by atoms with van der Waals surface area (Å²) >= 11 is 0. The zero-order valence-electron chi connectivity index (χ0n) is 21.4. The van der Waals surface area contributed by atoms with Crippen molar-refractivity contribution in [2.45, 2.75) is 58.9 Å². The second-order valence-electron chi connectivity index (χ2n) is 10.4. The van der Waals surface area contributed by atoms with E-state index in [-0.39, 0.29) is 23.1 Å². The third-order valence-electron chi connectivity index (χ3n) is 6.41. The zero-order valence-corrected chi connectivity index (χ0v) is 21.4. The lowest BCUT2D eigenvalue weighted by Gasteiger charge is -2.25. The summed E-state index contributed by atoms with van der Waals surface area (Å²) in [5.74, 6) is 1.40. The number of nitrogens with zero attached hydrogens (tertiary/aromatic N) is 1. The number of aryl methyl sites for hydroxylation is 1. The number of nitrogens with two attached hydrogens (primary N) is 1. The number of benzene rings is 2. The summed E-state index contributed by atoms with van der Waals surface area (Å²) in [6, 6.07) is 15.5. The lowest BCUT2D eigenvalue weighted by molar-refractivity contribution is -0.120. The van der Waals surface area contributed by atoms with Crippen molar-refractivity contribution in [2.75, 3.05) is 10.6 Å². The molecule has 0 aliphatic heterocycles. The van der Waals surface area contributed by atoms with E-state index in [1.54, 1.807) is 18.3 Å². The van der Waals surface area contributed by atoms with Gasteiger partial charge in [0.1, 0.15) is 17.3 Å². The molecule has 1 aromatic heterocycles. The number of nitrogens with one attached hydrogen (secondary N) is 2. The van der Waals surface area contributed by atoms with E-state index in [2.05, 4.69) is 48.5 Å². The second kappa shape index (κ2) is 10.5. The summed E-state index contributed by atoms with van der Waals surface area (Å²) in [6.45, 7) is 8.31. The van der Waals surface area contributed by atoms with E-state index in [0.717, 1.165) is 35.2 Å². The number of ether oxygens (including phenoxy) is 1. The quantitative estimate of drug-likeness (QED) is 0.436. The van der Waals surface area contributed by atoms with Gasteiger partial charge in [0.2, 0.25) is 11.8 Å². The molecule has 1 aliphatic carbocycles. The molecule has 0 radical (unpaired) electrons. The van der Waals surface area contributed by atoms with Crippen molar-refractivity contribution in [3.63, 3.8) is 0 Å². The van der Waals surface area contributed by atoms with Gasteiger partial charge in [0.05, 0.1) is 0 Å². The SMILES string of the molecule is CC(=O)Nc1cc(Oc2ccc3c(c2)CC(C(=O)Nc2cc(CN)cc(C(C)(C)C)c2)CC3)ccn1. The van der Waals surface area contributed by atoms with Gasteiger partial charge in [-0.05, 0) is 77.3 Å². The van der Waals surface area contributed by atoms with Crippen LogP contribution < -0.4 is 21.1 Å². The molecule has 0 fully saturated rings. The zero-order chi connectivity index (χ0) is 25.9. The van der Waals surface area contributed by atoms with E-state index in [9.17, 15) is 9.59 Å². The summed E-state index contributed by atoms with van der Waals surface area (Å²) in [7, 11) is 0. The summed E-state index contributed by atoms with van der Waals surface area (Å²) in [5, 5.41) is 5.80. The Morgan fingerprint density at radius 1 is 1.03 bits per heavy atom. The number of aromatic nitrogens is 1. The Morgan fingerprint density at radius 2 is 1.81 bits per heavy atom. The standard InChI is InChI=1S/C29H34N4O3/c1-18(34)32-27-16-26(9-10-31-27)36-25-8-7-20-5-6-21(13-22(20)14-25)28(35)33-24-12-19(17-30)11-23(15-24)29(2,3)4/h7-12,14-16,21H,5-6,13,17,30H2,1-4H3,(H,33,35)(H,31,32,34). The van der Waals surface area contributed by atoms with Gasteiger partial charge in [-0.3, -0.25) is 9.59 Å². The van der Waals surface area contributed by atoms with Crippen molar-refractivity contribution in [3.8, 4) is 11.5 Å². The molecule has 0 spiro atoms. The summed E-state index contributed by atoms with van der Waals surface area (Å²) < 4.78 is 6.02. The van der Waals surface area contributed by atoms with Crippen molar-refractivity contribution < 1.29 is 14.3 Å². The number of anilines is 2. The molecule has 0 saturated carbocycles. The van der Waals surface area contributed by atoms with E-state index in [4.69, 9.17) is 10.5 Å². The van der Waals surface area contributed by atoms with Crippen molar-refractivity contribution in [3.05, 3.63) is 77.0 Å². The molecule has 188 valence electrons. The van der Waals surface area contributed by atoms with E-state index < -0.39 is 0 Å². The average Bonchev–Trinajstić information content (AvgIpc) is 2.82. The van der Waals surface area contributed by atoms with Crippen LogP contribution in [0.25, 0.3) is 0 Å². The van der Waals surface area contributed by atoms with Crippen LogP contribution in [0.4, 0.5) is 11.5 Å². The number of rotatable bonds is 6. The molecular formula is C29H34N4O3. The number of fused-ring (bicyclic) bond motifs is 1.